The average molecular weight is 302 g/mol. The summed E-state index contributed by atoms with van der Waals surface area (Å²) in [6.45, 7) is 1.75. The van der Waals surface area contributed by atoms with E-state index in [1.54, 1.807) is 19.1 Å². The third-order valence-electron chi connectivity index (χ3n) is 3.31. The molecule has 1 aromatic carbocycles. The number of nitrogens with two attached hydrogens (primary N) is 1. The first-order valence-corrected chi connectivity index (χ1v) is 7.00. The van der Waals surface area contributed by atoms with Gasteiger partial charge in [0.2, 0.25) is 0 Å². The maximum absolute atomic E-state index is 14.3. The van der Waals surface area contributed by atoms with Crippen molar-refractivity contribution in [3.63, 3.8) is 0 Å². The van der Waals surface area contributed by atoms with Crippen LogP contribution in [0, 0.1) is 24.1 Å². The number of fused-ring (bicyclic) bond motifs is 1. The lowest BCUT2D eigenvalue weighted by Crippen LogP contribution is -2.50. The zero-order valence-electron chi connectivity index (χ0n) is 11.0. The van der Waals surface area contributed by atoms with Gasteiger partial charge in [-0.05, 0) is 18.6 Å². The number of carbonyl (C=O) groups excluding carboxylic acids is 1. The summed E-state index contributed by atoms with van der Waals surface area (Å²) in [5.74, 6) is -0.862. The number of nitrogens with one attached hydrogen (secondary N) is 2. The Morgan fingerprint density at radius 3 is 2.90 bits per heavy atom. The first-order valence-electron chi connectivity index (χ1n) is 6.18. The van der Waals surface area contributed by atoms with Crippen LogP contribution in [0.1, 0.15) is 21.5 Å². The largest absolute Gasteiger partial charge is 0.344 e. The molecule has 3 rings (SSSR count). The van der Waals surface area contributed by atoms with Gasteiger partial charge in [0.25, 0.3) is 5.91 Å². The molecule has 1 amide bonds. The number of amides is 1. The minimum Gasteiger partial charge on any atom is -0.344 e. The van der Waals surface area contributed by atoms with Crippen molar-refractivity contribution in [1.29, 1.82) is 5.26 Å². The van der Waals surface area contributed by atoms with Crippen LogP contribution in [0.15, 0.2) is 18.2 Å². The molecule has 7 heteroatoms. The summed E-state index contributed by atoms with van der Waals surface area (Å²) in [7, 11) is 0. The molecular weight excluding hydrogens is 291 g/mol. The van der Waals surface area contributed by atoms with Crippen LogP contribution < -0.4 is 16.4 Å². The van der Waals surface area contributed by atoms with E-state index in [4.69, 9.17) is 11.0 Å². The highest BCUT2D eigenvalue weighted by molar-refractivity contribution is 7.20. The third-order valence-corrected chi connectivity index (χ3v) is 4.57. The Labute approximate surface area is 124 Å². The van der Waals surface area contributed by atoms with Gasteiger partial charge in [-0.15, -0.1) is 11.3 Å². The van der Waals surface area contributed by atoms with Gasteiger partial charge in [0.05, 0.1) is 11.1 Å². The maximum Gasteiger partial charge on any atom is 0.257 e. The molecular formula is C14H11FN4OS. The number of nitriles is 1. The number of hydrogen-bond acceptors (Lipinski definition) is 5. The minimum atomic E-state index is -0.661. The molecule has 0 spiro atoms. The van der Waals surface area contributed by atoms with Gasteiger partial charge in [-0.3, -0.25) is 10.5 Å². The van der Waals surface area contributed by atoms with Crippen LogP contribution in [0.25, 0.3) is 10.4 Å². The molecule has 1 unspecified atom stereocenters. The van der Waals surface area contributed by atoms with Crippen molar-refractivity contribution in [3.05, 3.63) is 40.7 Å². The fraction of sp³-hybridized carbons (Fsp3) is 0.143. The van der Waals surface area contributed by atoms with Crippen molar-refractivity contribution in [3.8, 4) is 16.5 Å². The van der Waals surface area contributed by atoms with Crippen molar-refractivity contribution in [2.24, 2.45) is 5.73 Å². The van der Waals surface area contributed by atoms with Crippen LogP contribution in [0.2, 0.25) is 0 Å². The smallest absolute Gasteiger partial charge is 0.257 e. The standard InChI is InChI=1S/C14H11FN4OS/c1-6-9-12(20)18-14(17)19-13(9)21-11(6)8-4-2-3-7(5-16)10(8)15/h2-4,14,19H,17H2,1H3,(H,18,20). The van der Waals surface area contributed by atoms with E-state index in [-0.39, 0.29) is 11.5 Å². The Morgan fingerprint density at radius 1 is 1.43 bits per heavy atom. The summed E-state index contributed by atoms with van der Waals surface area (Å²) >= 11 is 1.25. The Morgan fingerprint density at radius 2 is 2.19 bits per heavy atom. The van der Waals surface area contributed by atoms with E-state index in [2.05, 4.69) is 10.6 Å². The quantitative estimate of drug-likeness (QED) is 0.752. The maximum atomic E-state index is 14.3. The molecule has 2 aromatic rings. The minimum absolute atomic E-state index is 0.0209. The topological polar surface area (TPSA) is 90.9 Å². The lowest BCUT2D eigenvalue weighted by Gasteiger charge is -2.22. The molecule has 21 heavy (non-hydrogen) atoms. The number of benzene rings is 1. The molecule has 2 heterocycles. The van der Waals surface area contributed by atoms with E-state index in [0.29, 0.717) is 26.6 Å². The van der Waals surface area contributed by atoms with Crippen molar-refractivity contribution in [2.75, 3.05) is 5.32 Å². The van der Waals surface area contributed by atoms with E-state index >= 15 is 0 Å². The Hall–Kier alpha value is -2.43. The second kappa shape index (κ2) is 4.84. The van der Waals surface area contributed by atoms with E-state index in [0.717, 1.165) is 0 Å². The molecule has 4 N–H and O–H groups in total. The van der Waals surface area contributed by atoms with Gasteiger partial charge in [0, 0.05) is 10.4 Å². The Bertz CT molecular complexity index is 793. The van der Waals surface area contributed by atoms with Crippen molar-refractivity contribution >= 4 is 22.2 Å². The van der Waals surface area contributed by atoms with Crippen molar-refractivity contribution in [2.45, 2.75) is 13.2 Å². The van der Waals surface area contributed by atoms with E-state index in [1.807, 2.05) is 6.07 Å². The van der Waals surface area contributed by atoms with Crippen molar-refractivity contribution < 1.29 is 9.18 Å². The Balaban J connectivity index is 2.20. The van der Waals surface area contributed by atoms with Crippen LogP contribution in [0.3, 0.4) is 0 Å². The average Bonchev–Trinajstić information content (AvgIpc) is 2.76. The summed E-state index contributed by atoms with van der Waals surface area (Å²) in [6, 6.07) is 6.45. The first kappa shape index (κ1) is 13.5. The molecule has 1 aliphatic heterocycles. The number of carbonyl (C=O) groups is 1. The highest BCUT2D eigenvalue weighted by atomic mass is 32.1. The van der Waals surface area contributed by atoms with E-state index in [1.165, 1.54) is 17.4 Å². The number of hydrogen-bond donors (Lipinski definition) is 3. The molecule has 0 bridgehead atoms. The lowest BCUT2D eigenvalue weighted by molar-refractivity contribution is 0.0937. The second-order valence-corrected chi connectivity index (χ2v) is 5.66. The van der Waals surface area contributed by atoms with Crippen LogP contribution >= 0.6 is 11.3 Å². The molecule has 0 saturated heterocycles. The summed E-state index contributed by atoms with van der Waals surface area (Å²) in [5, 5.41) is 15.0. The van der Waals surface area contributed by atoms with Crippen LogP contribution in [0.5, 0.6) is 0 Å². The molecule has 0 radical (unpaired) electrons. The normalized spacial score (nSPS) is 16.7. The van der Waals surface area contributed by atoms with Crippen LogP contribution in [0.4, 0.5) is 9.39 Å². The van der Waals surface area contributed by atoms with E-state index < -0.39 is 12.1 Å². The number of halogens is 1. The van der Waals surface area contributed by atoms with Crippen molar-refractivity contribution in [1.82, 2.24) is 5.32 Å². The highest BCUT2D eigenvalue weighted by Gasteiger charge is 2.28. The number of rotatable bonds is 1. The fourth-order valence-corrected chi connectivity index (χ4v) is 3.59. The number of thiophene rings is 1. The third kappa shape index (κ3) is 2.05. The zero-order valence-corrected chi connectivity index (χ0v) is 11.8. The Kier molecular flexibility index (Phi) is 3.12. The van der Waals surface area contributed by atoms with Gasteiger partial charge in [0.1, 0.15) is 16.9 Å². The van der Waals surface area contributed by atoms with Gasteiger partial charge < -0.3 is 10.6 Å². The summed E-state index contributed by atoms with van der Waals surface area (Å²) in [5.41, 5.74) is 7.09. The summed E-state index contributed by atoms with van der Waals surface area (Å²) in [4.78, 5) is 12.6. The van der Waals surface area contributed by atoms with Gasteiger partial charge in [-0.25, -0.2) is 4.39 Å². The molecule has 0 fully saturated rings. The van der Waals surface area contributed by atoms with Gasteiger partial charge >= 0.3 is 0 Å². The molecule has 106 valence electrons. The highest BCUT2D eigenvalue weighted by Crippen LogP contribution is 2.42. The van der Waals surface area contributed by atoms with Gasteiger partial charge in [-0.2, -0.15) is 5.26 Å². The monoisotopic (exact) mass is 302 g/mol. The second-order valence-electron chi connectivity index (χ2n) is 4.63. The first-order chi connectivity index (χ1) is 10.0. The van der Waals surface area contributed by atoms with Gasteiger partial charge in [0.15, 0.2) is 6.29 Å². The summed E-state index contributed by atoms with van der Waals surface area (Å²) < 4.78 is 14.3. The van der Waals surface area contributed by atoms with Crippen LogP contribution in [-0.4, -0.2) is 12.2 Å². The zero-order chi connectivity index (χ0) is 15.1. The molecule has 5 nitrogen and oxygen atoms in total. The number of nitrogens with zero attached hydrogens (tertiary/aromatic N) is 1. The van der Waals surface area contributed by atoms with Gasteiger partial charge in [-0.1, -0.05) is 12.1 Å². The molecule has 0 saturated carbocycles. The van der Waals surface area contributed by atoms with Crippen LogP contribution in [-0.2, 0) is 0 Å². The molecule has 1 atom stereocenters. The molecule has 1 aliphatic rings. The predicted octanol–water partition coefficient (Wildman–Crippen LogP) is 2.13. The molecule has 1 aromatic heterocycles. The number of anilines is 1. The summed E-state index contributed by atoms with van der Waals surface area (Å²) in [6.07, 6.45) is -0.661. The fourth-order valence-electron chi connectivity index (χ4n) is 2.33. The lowest BCUT2D eigenvalue weighted by atomic mass is 10.0. The van der Waals surface area contributed by atoms with E-state index in [9.17, 15) is 9.18 Å². The predicted molar refractivity (Wildman–Crippen MR) is 78.2 cm³/mol. The molecule has 0 aliphatic carbocycles. The SMILES string of the molecule is Cc1c(-c2cccc(C#N)c2F)sc2c1C(=O)NC(N)N2.